The number of benzene rings is 2. The molecule has 2 aromatic carbocycles. The minimum absolute atomic E-state index is 0.00218. The average Bonchev–Trinajstić information content (AvgIpc) is 3.36. The first kappa shape index (κ1) is 15.4. The van der Waals surface area contributed by atoms with Gasteiger partial charge >= 0.3 is 0 Å². The fraction of sp³-hybridized carbons (Fsp3) is 0.278. The van der Waals surface area contributed by atoms with E-state index in [-0.39, 0.29) is 23.5 Å². The molecule has 3 rings (SSSR count). The highest BCUT2D eigenvalue weighted by Crippen LogP contribution is 2.49. The Hall–Kier alpha value is -2.53. The third-order valence-electron chi connectivity index (χ3n) is 4.05. The van der Waals surface area contributed by atoms with Gasteiger partial charge in [0.2, 0.25) is 5.91 Å². The van der Waals surface area contributed by atoms with Crippen LogP contribution in [0.5, 0.6) is 17.2 Å². The van der Waals surface area contributed by atoms with Gasteiger partial charge in [0.05, 0.1) is 7.11 Å². The van der Waals surface area contributed by atoms with Crippen LogP contribution < -0.4 is 4.74 Å². The molecule has 0 heterocycles. The molecule has 0 radical (unpaired) electrons. The second-order valence-corrected chi connectivity index (χ2v) is 5.64. The highest BCUT2D eigenvalue weighted by Gasteiger charge is 2.45. The molecule has 2 atom stereocenters. The van der Waals surface area contributed by atoms with E-state index in [1.807, 2.05) is 24.3 Å². The first-order valence-corrected chi connectivity index (χ1v) is 7.47. The molecule has 120 valence electrons. The van der Waals surface area contributed by atoms with E-state index >= 15 is 0 Å². The number of phenolic OH excluding ortho intramolecular Hbond substituents is 1. The van der Waals surface area contributed by atoms with Gasteiger partial charge < -0.3 is 9.84 Å². The van der Waals surface area contributed by atoms with Crippen molar-refractivity contribution in [1.29, 1.82) is 0 Å². The summed E-state index contributed by atoms with van der Waals surface area (Å²) in [5.41, 5.74) is 1.09. The smallest absolute Gasteiger partial charge is 0.249 e. The fourth-order valence-corrected chi connectivity index (χ4v) is 2.62. The third kappa shape index (κ3) is 3.46. The molecule has 1 saturated carbocycles. The second kappa shape index (κ2) is 6.30. The summed E-state index contributed by atoms with van der Waals surface area (Å²) in [5.74, 6) is 1.76. The molecule has 2 aromatic rings. The Balaban J connectivity index is 1.69. The zero-order valence-corrected chi connectivity index (χ0v) is 13.1. The number of ether oxygens (including phenoxy) is 1. The van der Waals surface area contributed by atoms with Gasteiger partial charge in [-0.25, -0.2) is 5.06 Å². The summed E-state index contributed by atoms with van der Waals surface area (Å²) in [6.07, 6.45) is 0.829. The first-order chi connectivity index (χ1) is 11.1. The molecule has 1 fully saturated rings. The van der Waals surface area contributed by atoms with Crippen LogP contribution in [0.2, 0.25) is 0 Å². The Morgan fingerprint density at radius 2 is 1.91 bits per heavy atom. The minimum Gasteiger partial charge on any atom is -0.508 e. The molecule has 1 aliphatic carbocycles. The van der Waals surface area contributed by atoms with Crippen molar-refractivity contribution >= 4 is 5.91 Å². The van der Waals surface area contributed by atoms with Gasteiger partial charge in [-0.3, -0.25) is 9.63 Å². The lowest BCUT2D eigenvalue weighted by Crippen LogP contribution is -2.27. The molecule has 0 aliphatic heterocycles. The van der Waals surface area contributed by atoms with Crippen LogP contribution in [-0.2, 0) is 9.63 Å². The maximum atomic E-state index is 12.1. The van der Waals surface area contributed by atoms with Gasteiger partial charge in [0.15, 0.2) is 0 Å². The molecule has 1 aliphatic rings. The fourth-order valence-electron chi connectivity index (χ4n) is 2.62. The lowest BCUT2D eigenvalue weighted by molar-refractivity contribution is -0.170. The van der Waals surface area contributed by atoms with Crippen molar-refractivity contribution in [3.8, 4) is 17.2 Å². The zero-order valence-electron chi connectivity index (χ0n) is 13.1. The van der Waals surface area contributed by atoms with E-state index in [1.54, 1.807) is 31.3 Å². The normalized spacial score (nSPS) is 19.2. The van der Waals surface area contributed by atoms with Crippen molar-refractivity contribution in [2.45, 2.75) is 12.3 Å². The van der Waals surface area contributed by atoms with Crippen molar-refractivity contribution in [3.63, 3.8) is 0 Å². The van der Waals surface area contributed by atoms with Gasteiger partial charge in [-0.15, -0.1) is 0 Å². The standard InChI is InChI=1S/C18H19NO4/c1-19(22-2)18(21)17-11-16(17)12-4-3-5-15(10-12)23-14-8-6-13(20)7-9-14/h3-10,16-17,20H,11H2,1-2H3/t16-,17+/m0/s1. The largest absolute Gasteiger partial charge is 0.508 e. The molecular weight excluding hydrogens is 294 g/mol. The van der Waals surface area contributed by atoms with Gasteiger partial charge in [-0.1, -0.05) is 12.1 Å². The topological polar surface area (TPSA) is 59.0 Å². The van der Waals surface area contributed by atoms with Crippen LogP contribution in [0, 0.1) is 5.92 Å². The Labute approximate surface area is 135 Å². The van der Waals surface area contributed by atoms with Crippen LogP contribution in [0.3, 0.4) is 0 Å². The number of carbonyl (C=O) groups excluding carboxylic acids is 1. The van der Waals surface area contributed by atoms with E-state index in [1.165, 1.54) is 12.2 Å². The number of nitrogens with zero attached hydrogens (tertiary/aromatic N) is 1. The Kier molecular flexibility index (Phi) is 4.21. The highest BCUT2D eigenvalue weighted by molar-refractivity contribution is 5.82. The van der Waals surface area contributed by atoms with Crippen LogP contribution in [0.25, 0.3) is 0 Å². The Bertz CT molecular complexity index is 698. The van der Waals surface area contributed by atoms with E-state index in [0.717, 1.165) is 12.0 Å². The molecule has 5 nitrogen and oxygen atoms in total. The number of rotatable bonds is 5. The molecule has 1 N–H and O–H groups in total. The zero-order chi connectivity index (χ0) is 16.4. The number of hydrogen-bond donors (Lipinski definition) is 1. The van der Waals surface area contributed by atoms with Crippen LogP contribution in [-0.4, -0.2) is 30.2 Å². The maximum absolute atomic E-state index is 12.1. The third-order valence-corrected chi connectivity index (χ3v) is 4.05. The summed E-state index contributed by atoms with van der Waals surface area (Å²) in [5, 5.41) is 10.6. The number of phenols is 1. The van der Waals surface area contributed by atoms with E-state index < -0.39 is 0 Å². The number of hydroxylamine groups is 2. The minimum atomic E-state index is -0.0242. The van der Waals surface area contributed by atoms with Gasteiger partial charge in [0.1, 0.15) is 17.2 Å². The van der Waals surface area contributed by atoms with E-state index in [2.05, 4.69) is 0 Å². The van der Waals surface area contributed by atoms with Crippen molar-refractivity contribution in [2.24, 2.45) is 5.92 Å². The van der Waals surface area contributed by atoms with E-state index in [0.29, 0.717) is 11.5 Å². The monoisotopic (exact) mass is 313 g/mol. The first-order valence-electron chi connectivity index (χ1n) is 7.47. The summed E-state index contributed by atoms with van der Waals surface area (Å²) in [7, 11) is 3.11. The van der Waals surface area contributed by atoms with Gasteiger partial charge in [0.25, 0.3) is 0 Å². The summed E-state index contributed by atoms with van der Waals surface area (Å²) >= 11 is 0. The summed E-state index contributed by atoms with van der Waals surface area (Å²) < 4.78 is 5.79. The summed E-state index contributed by atoms with van der Waals surface area (Å²) in [6.45, 7) is 0. The van der Waals surface area contributed by atoms with Crippen molar-refractivity contribution in [2.75, 3.05) is 14.2 Å². The molecule has 0 unspecified atom stereocenters. The quantitative estimate of drug-likeness (QED) is 0.860. The molecule has 0 saturated heterocycles. The van der Waals surface area contributed by atoms with Crippen molar-refractivity contribution < 1.29 is 19.5 Å². The Morgan fingerprint density at radius 1 is 1.17 bits per heavy atom. The number of amides is 1. The summed E-state index contributed by atoms with van der Waals surface area (Å²) in [6, 6.07) is 14.3. The van der Waals surface area contributed by atoms with Crippen LogP contribution in [0.4, 0.5) is 0 Å². The van der Waals surface area contributed by atoms with Crippen molar-refractivity contribution in [3.05, 3.63) is 54.1 Å². The number of carbonyl (C=O) groups is 1. The molecule has 1 amide bonds. The van der Waals surface area contributed by atoms with E-state index in [4.69, 9.17) is 9.57 Å². The predicted molar refractivity (Wildman–Crippen MR) is 85.2 cm³/mol. The average molecular weight is 313 g/mol. The van der Waals surface area contributed by atoms with Crippen LogP contribution in [0.1, 0.15) is 17.9 Å². The van der Waals surface area contributed by atoms with Gasteiger partial charge in [0, 0.05) is 13.0 Å². The molecule has 0 bridgehead atoms. The summed E-state index contributed by atoms with van der Waals surface area (Å²) in [4.78, 5) is 17.0. The SMILES string of the molecule is CON(C)C(=O)[C@@H]1C[C@H]1c1cccc(Oc2ccc(O)cc2)c1. The molecular formula is C18H19NO4. The van der Waals surface area contributed by atoms with Crippen LogP contribution >= 0.6 is 0 Å². The van der Waals surface area contributed by atoms with E-state index in [9.17, 15) is 9.90 Å². The Morgan fingerprint density at radius 3 is 2.61 bits per heavy atom. The lowest BCUT2D eigenvalue weighted by atomic mass is 10.1. The maximum Gasteiger partial charge on any atom is 0.249 e. The van der Waals surface area contributed by atoms with Gasteiger partial charge in [-0.2, -0.15) is 0 Å². The molecule has 0 aromatic heterocycles. The number of aromatic hydroxyl groups is 1. The lowest BCUT2D eigenvalue weighted by Gasteiger charge is -2.13. The predicted octanol–water partition coefficient (Wildman–Crippen LogP) is 3.31. The second-order valence-electron chi connectivity index (χ2n) is 5.64. The van der Waals surface area contributed by atoms with Crippen molar-refractivity contribution in [1.82, 2.24) is 5.06 Å². The van der Waals surface area contributed by atoms with Gasteiger partial charge in [-0.05, 0) is 54.3 Å². The number of hydrogen-bond acceptors (Lipinski definition) is 4. The molecule has 0 spiro atoms. The highest BCUT2D eigenvalue weighted by atomic mass is 16.7. The molecule has 5 heteroatoms. The molecule has 23 heavy (non-hydrogen) atoms. The van der Waals surface area contributed by atoms with Crippen LogP contribution in [0.15, 0.2) is 48.5 Å².